The SMILES string of the molecule is CC[C@@]1(c2cn[nH]n2)O[C@@H](n2cc(C)c(=O)[nH]c2=O)[C@@H](OS(=O)(=O)C(F)(F)F)C1OCc1ccccc1. The number of ether oxygens (including phenoxy) is 2. The molecule has 0 spiro atoms. The third kappa shape index (κ3) is 4.96. The van der Waals surface area contributed by atoms with Gasteiger partial charge < -0.3 is 9.47 Å². The first kappa shape index (κ1) is 26.7. The molecule has 200 valence electrons. The first-order chi connectivity index (χ1) is 17.4. The summed E-state index contributed by atoms with van der Waals surface area (Å²) in [5.41, 5.74) is -8.59. The molecule has 4 rings (SSSR count). The van der Waals surface area contributed by atoms with Crippen LogP contribution in [0.15, 0.2) is 52.3 Å². The Bertz CT molecular complexity index is 1460. The lowest BCUT2D eigenvalue weighted by atomic mass is 9.89. The van der Waals surface area contributed by atoms with Crippen molar-refractivity contribution in [2.24, 2.45) is 0 Å². The summed E-state index contributed by atoms with van der Waals surface area (Å²) in [6.45, 7) is 2.78. The second-order valence-electron chi connectivity index (χ2n) is 8.26. The van der Waals surface area contributed by atoms with Gasteiger partial charge in [-0.25, -0.2) is 4.79 Å². The van der Waals surface area contributed by atoms with E-state index < -0.39 is 50.9 Å². The van der Waals surface area contributed by atoms with Crippen molar-refractivity contribution in [3.05, 3.63) is 80.4 Å². The van der Waals surface area contributed by atoms with E-state index in [1.165, 1.54) is 13.1 Å². The Hall–Kier alpha value is -3.34. The van der Waals surface area contributed by atoms with E-state index in [2.05, 4.69) is 15.4 Å². The standard InChI is InChI=1S/C21H22F3N5O7S/c1-3-20(14-9-25-28-27-14)16(34-11-13-7-5-4-6-8-13)15(36-37(32,33)21(22,23)24)18(35-20)29-10-12(2)17(30)26-19(29)31/h4-10,15-16,18H,3,11H2,1-2H3,(H,25,27,28)(H,26,30,31)/t15-,16?,18+,20-/m0/s1. The Morgan fingerprint density at radius 2 is 1.92 bits per heavy atom. The third-order valence-corrected chi connectivity index (χ3v) is 7.00. The molecule has 1 unspecified atom stereocenters. The smallest absolute Gasteiger partial charge is 0.367 e. The number of nitrogens with one attached hydrogen (secondary N) is 2. The second kappa shape index (κ2) is 9.85. The van der Waals surface area contributed by atoms with Crippen LogP contribution in [-0.2, 0) is 36.0 Å². The van der Waals surface area contributed by atoms with Crippen molar-refractivity contribution in [1.82, 2.24) is 25.0 Å². The number of benzene rings is 1. The number of aromatic nitrogens is 5. The zero-order valence-corrected chi connectivity index (χ0v) is 20.2. The molecule has 3 aromatic rings. The normalized spacial score (nSPS) is 24.4. The van der Waals surface area contributed by atoms with Crippen LogP contribution in [0.4, 0.5) is 13.2 Å². The minimum atomic E-state index is -6.19. The fourth-order valence-electron chi connectivity index (χ4n) is 4.12. The molecule has 1 aliphatic heterocycles. The van der Waals surface area contributed by atoms with Crippen molar-refractivity contribution in [2.75, 3.05) is 0 Å². The van der Waals surface area contributed by atoms with Crippen molar-refractivity contribution in [3.8, 4) is 0 Å². The summed E-state index contributed by atoms with van der Waals surface area (Å²) < 4.78 is 82.1. The van der Waals surface area contributed by atoms with Crippen molar-refractivity contribution in [1.29, 1.82) is 0 Å². The summed E-state index contributed by atoms with van der Waals surface area (Å²) >= 11 is 0. The van der Waals surface area contributed by atoms with Gasteiger partial charge in [-0.1, -0.05) is 37.3 Å². The first-order valence-corrected chi connectivity index (χ1v) is 12.3. The van der Waals surface area contributed by atoms with Crippen molar-refractivity contribution in [3.63, 3.8) is 0 Å². The summed E-state index contributed by atoms with van der Waals surface area (Å²) in [5, 5.41) is 10.1. The van der Waals surface area contributed by atoms with E-state index >= 15 is 0 Å². The van der Waals surface area contributed by atoms with Crippen LogP contribution in [0.3, 0.4) is 0 Å². The van der Waals surface area contributed by atoms with Crippen LogP contribution in [0.5, 0.6) is 0 Å². The summed E-state index contributed by atoms with van der Waals surface area (Å²) in [4.78, 5) is 26.6. The molecule has 0 saturated carbocycles. The second-order valence-corrected chi connectivity index (χ2v) is 9.83. The topological polar surface area (TPSA) is 158 Å². The highest BCUT2D eigenvalue weighted by molar-refractivity contribution is 7.87. The highest BCUT2D eigenvalue weighted by atomic mass is 32.2. The molecule has 1 saturated heterocycles. The number of hydrogen-bond acceptors (Lipinski definition) is 9. The Balaban J connectivity index is 1.89. The van der Waals surface area contributed by atoms with Gasteiger partial charge in [0.2, 0.25) is 0 Å². The number of nitrogens with zero attached hydrogens (tertiary/aromatic N) is 3. The summed E-state index contributed by atoms with van der Waals surface area (Å²) in [6, 6.07) is 8.55. The van der Waals surface area contributed by atoms with E-state index in [-0.39, 0.29) is 24.3 Å². The Morgan fingerprint density at radius 3 is 2.51 bits per heavy atom. The molecule has 0 amide bonds. The molecule has 1 fully saturated rings. The molecule has 2 aromatic heterocycles. The quantitative estimate of drug-likeness (QED) is 0.317. The molecule has 0 radical (unpaired) electrons. The van der Waals surface area contributed by atoms with Crippen LogP contribution in [0, 0.1) is 6.92 Å². The number of aryl methyl sites for hydroxylation is 1. The zero-order chi connectivity index (χ0) is 27.0. The molecular weight excluding hydrogens is 523 g/mol. The van der Waals surface area contributed by atoms with E-state index in [1.807, 2.05) is 4.98 Å². The Kier molecular flexibility index (Phi) is 7.11. The molecule has 12 nitrogen and oxygen atoms in total. The maximum atomic E-state index is 13.4. The lowest BCUT2D eigenvalue weighted by molar-refractivity contribution is -0.132. The number of alkyl halides is 3. The predicted octanol–water partition coefficient (Wildman–Crippen LogP) is 1.62. The largest absolute Gasteiger partial charge is 0.523 e. The predicted molar refractivity (Wildman–Crippen MR) is 119 cm³/mol. The molecule has 37 heavy (non-hydrogen) atoms. The molecule has 2 N–H and O–H groups in total. The molecule has 1 aromatic carbocycles. The van der Waals surface area contributed by atoms with Crippen LogP contribution in [0.25, 0.3) is 0 Å². The maximum Gasteiger partial charge on any atom is 0.523 e. The highest BCUT2D eigenvalue weighted by Crippen LogP contribution is 2.49. The summed E-state index contributed by atoms with van der Waals surface area (Å²) in [6.07, 6.45) is -3.08. The first-order valence-electron chi connectivity index (χ1n) is 10.9. The molecule has 1 aliphatic rings. The number of halogens is 3. The molecule has 16 heteroatoms. The molecule has 4 atom stereocenters. The monoisotopic (exact) mass is 545 g/mol. The van der Waals surface area contributed by atoms with Crippen molar-refractivity contribution < 1.29 is 35.2 Å². The van der Waals surface area contributed by atoms with Gasteiger partial charge in [-0.15, -0.1) is 0 Å². The fourth-order valence-corrected chi connectivity index (χ4v) is 4.72. The number of hydrogen-bond donors (Lipinski definition) is 2. The Labute approximate surface area is 207 Å². The Morgan fingerprint density at radius 1 is 1.22 bits per heavy atom. The van der Waals surface area contributed by atoms with E-state index in [9.17, 15) is 31.2 Å². The van der Waals surface area contributed by atoms with E-state index in [0.29, 0.717) is 5.56 Å². The van der Waals surface area contributed by atoms with Crippen LogP contribution >= 0.6 is 0 Å². The molecule has 3 heterocycles. The molecule has 0 bridgehead atoms. The van der Waals surface area contributed by atoms with E-state index in [0.717, 1.165) is 10.8 Å². The van der Waals surface area contributed by atoms with Gasteiger partial charge in [0, 0.05) is 11.8 Å². The summed E-state index contributed by atoms with van der Waals surface area (Å²) in [5.74, 6) is 0. The zero-order valence-electron chi connectivity index (χ0n) is 19.4. The van der Waals surface area contributed by atoms with Gasteiger partial charge in [-0.05, 0) is 18.9 Å². The minimum Gasteiger partial charge on any atom is -0.367 e. The minimum absolute atomic E-state index is 0.00149. The third-order valence-electron chi connectivity index (χ3n) is 5.96. The van der Waals surface area contributed by atoms with Crippen molar-refractivity contribution >= 4 is 10.1 Å². The number of aromatic amines is 2. The highest BCUT2D eigenvalue weighted by Gasteiger charge is 2.62. The van der Waals surface area contributed by atoms with E-state index in [4.69, 9.17) is 13.7 Å². The van der Waals surface area contributed by atoms with Crippen molar-refractivity contribution in [2.45, 2.75) is 56.4 Å². The maximum absolute atomic E-state index is 13.4. The summed E-state index contributed by atoms with van der Waals surface area (Å²) in [7, 11) is -6.19. The van der Waals surface area contributed by atoms with Gasteiger partial charge in [0.1, 0.15) is 17.4 Å². The average molecular weight is 545 g/mol. The van der Waals surface area contributed by atoms with Crippen LogP contribution in [0.2, 0.25) is 0 Å². The van der Waals surface area contributed by atoms with Gasteiger partial charge in [0.05, 0.1) is 12.8 Å². The van der Waals surface area contributed by atoms with Gasteiger partial charge in [0.15, 0.2) is 12.3 Å². The van der Waals surface area contributed by atoms with Crippen LogP contribution in [-0.4, -0.2) is 51.1 Å². The molecule has 0 aliphatic carbocycles. The van der Waals surface area contributed by atoms with Gasteiger partial charge in [0.25, 0.3) is 5.56 Å². The van der Waals surface area contributed by atoms with E-state index in [1.54, 1.807) is 37.3 Å². The lowest BCUT2D eigenvalue weighted by Crippen LogP contribution is -2.46. The fraction of sp³-hybridized carbons (Fsp3) is 0.429. The number of rotatable bonds is 8. The number of H-pyrrole nitrogens is 2. The average Bonchev–Trinajstić information content (AvgIpc) is 3.47. The van der Waals surface area contributed by atoms with Crippen LogP contribution < -0.4 is 11.2 Å². The van der Waals surface area contributed by atoms with Gasteiger partial charge >= 0.3 is 21.3 Å². The van der Waals surface area contributed by atoms with Gasteiger partial charge in [-0.2, -0.15) is 37.0 Å². The van der Waals surface area contributed by atoms with Crippen LogP contribution in [0.1, 0.15) is 36.4 Å². The van der Waals surface area contributed by atoms with Gasteiger partial charge in [-0.3, -0.25) is 18.5 Å². The lowest BCUT2D eigenvalue weighted by Gasteiger charge is -2.32. The molecular formula is C21H22F3N5O7S.